The Labute approximate surface area is 106 Å². The molecular formula is C13H27ClN2. The Morgan fingerprint density at radius 3 is 2.50 bits per heavy atom. The molecule has 96 valence electrons. The third kappa shape index (κ3) is 6.07. The van der Waals surface area contributed by atoms with Crippen LogP contribution in [0.15, 0.2) is 0 Å². The zero-order valence-electron chi connectivity index (χ0n) is 10.8. The Morgan fingerprint density at radius 2 is 1.94 bits per heavy atom. The average molecular weight is 247 g/mol. The van der Waals surface area contributed by atoms with Gasteiger partial charge in [-0.25, -0.2) is 0 Å². The lowest BCUT2D eigenvalue weighted by Crippen LogP contribution is -2.34. The number of alkyl halides is 1. The predicted molar refractivity (Wildman–Crippen MR) is 72.3 cm³/mol. The zero-order valence-corrected chi connectivity index (χ0v) is 11.6. The number of likely N-dealkylation sites (tertiary alicyclic amines) is 1. The highest BCUT2D eigenvalue weighted by Crippen LogP contribution is 2.08. The molecule has 16 heavy (non-hydrogen) atoms. The van der Waals surface area contributed by atoms with E-state index < -0.39 is 0 Å². The van der Waals surface area contributed by atoms with Crippen molar-refractivity contribution in [2.24, 2.45) is 5.92 Å². The van der Waals surface area contributed by atoms with Crippen LogP contribution in [0.3, 0.4) is 0 Å². The molecular weight excluding hydrogens is 220 g/mol. The standard InChI is InChI=1S/C13H27ClN2/c1-12(2)10-13(11-14)15-6-5-9-16-7-3-4-8-16/h12-13,15H,3-11H2,1-2H3. The van der Waals surface area contributed by atoms with E-state index >= 15 is 0 Å². The molecule has 1 aliphatic heterocycles. The molecule has 0 amide bonds. The van der Waals surface area contributed by atoms with Crippen LogP contribution in [0.25, 0.3) is 0 Å². The van der Waals surface area contributed by atoms with Crippen molar-refractivity contribution in [2.75, 3.05) is 32.1 Å². The second kappa shape index (κ2) is 8.32. The van der Waals surface area contributed by atoms with E-state index in [0.717, 1.165) is 18.3 Å². The lowest BCUT2D eigenvalue weighted by Gasteiger charge is -2.19. The molecule has 1 unspecified atom stereocenters. The van der Waals surface area contributed by atoms with Crippen LogP contribution >= 0.6 is 11.6 Å². The van der Waals surface area contributed by atoms with E-state index in [1.807, 2.05) is 0 Å². The SMILES string of the molecule is CC(C)CC(CCl)NCCCN1CCCC1. The third-order valence-corrected chi connectivity index (χ3v) is 3.60. The van der Waals surface area contributed by atoms with Crippen molar-refractivity contribution in [1.29, 1.82) is 0 Å². The molecule has 2 nitrogen and oxygen atoms in total. The minimum atomic E-state index is 0.500. The summed E-state index contributed by atoms with van der Waals surface area (Å²) in [7, 11) is 0. The van der Waals surface area contributed by atoms with Gasteiger partial charge in [0.15, 0.2) is 0 Å². The van der Waals surface area contributed by atoms with Crippen LogP contribution in [0.1, 0.15) is 39.5 Å². The Morgan fingerprint density at radius 1 is 1.25 bits per heavy atom. The molecule has 3 heteroatoms. The first-order valence-electron chi connectivity index (χ1n) is 6.74. The molecule has 1 rings (SSSR count). The maximum atomic E-state index is 5.94. The van der Waals surface area contributed by atoms with Gasteiger partial charge in [0, 0.05) is 11.9 Å². The number of rotatable bonds is 8. The Hall–Kier alpha value is 0.210. The van der Waals surface area contributed by atoms with E-state index in [0.29, 0.717) is 6.04 Å². The fourth-order valence-electron chi connectivity index (χ4n) is 2.38. The molecule has 1 aliphatic rings. The summed E-state index contributed by atoms with van der Waals surface area (Å²) in [5.41, 5.74) is 0. The molecule has 1 fully saturated rings. The summed E-state index contributed by atoms with van der Waals surface area (Å²) in [4.78, 5) is 2.57. The minimum absolute atomic E-state index is 0.500. The van der Waals surface area contributed by atoms with Crippen LogP contribution < -0.4 is 5.32 Å². The summed E-state index contributed by atoms with van der Waals surface area (Å²) in [6.45, 7) is 9.50. The first-order chi connectivity index (χ1) is 7.72. The van der Waals surface area contributed by atoms with Crippen LogP contribution in [0, 0.1) is 5.92 Å². The summed E-state index contributed by atoms with van der Waals surface area (Å²) < 4.78 is 0. The molecule has 0 aromatic rings. The summed E-state index contributed by atoms with van der Waals surface area (Å²) in [6, 6.07) is 0.500. The summed E-state index contributed by atoms with van der Waals surface area (Å²) >= 11 is 5.94. The van der Waals surface area contributed by atoms with E-state index in [1.165, 1.54) is 45.3 Å². The van der Waals surface area contributed by atoms with Gasteiger partial charge in [-0.1, -0.05) is 13.8 Å². The number of hydrogen-bond donors (Lipinski definition) is 1. The Balaban J connectivity index is 1.99. The van der Waals surface area contributed by atoms with Gasteiger partial charge in [-0.15, -0.1) is 11.6 Å². The van der Waals surface area contributed by atoms with Gasteiger partial charge in [0.25, 0.3) is 0 Å². The summed E-state index contributed by atoms with van der Waals surface area (Å²) in [5.74, 6) is 1.47. The molecule has 0 bridgehead atoms. The molecule has 0 aromatic carbocycles. The smallest absolute Gasteiger partial charge is 0.0377 e. The lowest BCUT2D eigenvalue weighted by molar-refractivity contribution is 0.325. The highest BCUT2D eigenvalue weighted by atomic mass is 35.5. The van der Waals surface area contributed by atoms with E-state index in [4.69, 9.17) is 11.6 Å². The first kappa shape index (κ1) is 14.3. The van der Waals surface area contributed by atoms with Gasteiger partial charge >= 0.3 is 0 Å². The molecule has 1 heterocycles. The Bertz CT molecular complexity index is 167. The van der Waals surface area contributed by atoms with Crippen LogP contribution in [0.5, 0.6) is 0 Å². The fourth-order valence-corrected chi connectivity index (χ4v) is 2.62. The van der Waals surface area contributed by atoms with Crippen molar-refractivity contribution < 1.29 is 0 Å². The highest BCUT2D eigenvalue weighted by molar-refractivity contribution is 6.18. The predicted octanol–water partition coefficient (Wildman–Crippen LogP) is 2.72. The van der Waals surface area contributed by atoms with Crippen LogP contribution in [0.4, 0.5) is 0 Å². The number of halogens is 1. The van der Waals surface area contributed by atoms with Gasteiger partial charge in [0.05, 0.1) is 0 Å². The Kier molecular flexibility index (Phi) is 7.42. The molecule has 0 aromatic heterocycles. The zero-order chi connectivity index (χ0) is 11.8. The molecule has 1 atom stereocenters. The summed E-state index contributed by atoms with van der Waals surface area (Å²) in [5, 5.41) is 3.57. The summed E-state index contributed by atoms with van der Waals surface area (Å²) in [6.07, 6.45) is 5.23. The normalized spacial score (nSPS) is 19.5. The minimum Gasteiger partial charge on any atom is -0.313 e. The van der Waals surface area contributed by atoms with Crippen LogP contribution in [0.2, 0.25) is 0 Å². The van der Waals surface area contributed by atoms with E-state index in [-0.39, 0.29) is 0 Å². The van der Waals surface area contributed by atoms with Crippen molar-refractivity contribution in [3.05, 3.63) is 0 Å². The van der Waals surface area contributed by atoms with Gasteiger partial charge in [0.2, 0.25) is 0 Å². The van der Waals surface area contributed by atoms with E-state index in [9.17, 15) is 0 Å². The van der Waals surface area contributed by atoms with Crippen LogP contribution in [-0.4, -0.2) is 43.0 Å². The molecule has 0 saturated carbocycles. The van der Waals surface area contributed by atoms with Gasteiger partial charge in [-0.2, -0.15) is 0 Å². The number of nitrogens with one attached hydrogen (secondary N) is 1. The molecule has 0 radical (unpaired) electrons. The molecule has 1 saturated heterocycles. The first-order valence-corrected chi connectivity index (χ1v) is 7.27. The molecule has 0 aliphatic carbocycles. The van der Waals surface area contributed by atoms with E-state index in [1.54, 1.807) is 0 Å². The van der Waals surface area contributed by atoms with Gasteiger partial charge < -0.3 is 10.2 Å². The number of nitrogens with zero attached hydrogens (tertiary/aromatic N) is 1. The molecule has 1 N–H and O–H groups in total. The lowest BCUT2D eigenvalue weighted by atomic mass is 10.1. The van der Waals surface area contributed by atoms with Crippen molar-refractivity contribution in [3.8, 4) is 0 Å². The van der Waals surface area contributed by atoms with Crippen molar-refractivity contribution >= 4 is 11.6 Å². The third-order valence-electron chi connectivity index (χ3n) is 3.22. The second-order valence-corrected chi connectivity index (χ2v) is 5.65. The van der Waals surface area contributed by atoms with Crippen LogP contribution in [-0.2, 0) is 0 Å². The van der Waals surface area contributed by atoms with E-state index in [2.05, 4.69) is 24.1 Å². The quantitative estimate of drug-likeness (QED) is 0.523. The maximum Gasteiger partial charge on any atom is 0.0377 e. The monoisotopic (exact) mass is 246 g/mol. The van der Waals surface area contributed by atoms with Crippen molar-refractivity contribution in [3.63, 3.8) is 0 Å². The van der Waals surface area contributed by atoms with Crippen molar-refractivity contribution in [1.82, 2.24) is 10.2 Å². The van der Waals surface area contributed by atoms with Crippen molar-refractivity contribution in [2.45, 2.75) is 45.6 Å². The fraction of sp³-hybridized carbons (Fsp3) is 1.00. The molecule has 0 spiro atoms. The average Bonchev–Trinajstić information content (AvgIpc) is 2.74. The van der Waals surface area contributed by atoms with Gasteiger partial charge in [-0.05, 0) is 57.8 Å². The van der Waals surface area contributed by atoms with Gasteiger partial charge in [0.1, 0.15) is 0 Å². The maximum absolute atomic E-state index is 5.94. The largest absolute Gasteiger partial charge is 0.313 e. The number of hydrogen-bond acceptors (Lipinski definition) is 2. The van der Waals surface area contributed by atoms with Gasteiger partial charge in [-0.3, -0.25) is 0 Å². The second-order valence-electron chi connectivity index (χ2n) is 5.34. The topological polar surface area (TPSA) is 15.3 Å². The highest BCUT2D eigenvalue weighted by Gasteiger charge is 2.11.